The fourth-order valence-electron chi connectivity index (χ4n) is 0.821. The van der Waals surface area contributed by atoms with Gasteiger partial charge in [-0.15, -0.1) is 0 Å². The average Bonchev–Trinajstić information content (AvgIpc) is 2.21. The highest BCUT2D eigenvalue weighted by molar-refractivity contribution is 5.75. The van der Waals surface area contributed by atoms with Crippen LogP contribution in [0.15, 0.2) is 17.8 Å². The number of hydrogen-bond donors (Lipinski definition) is 4. The van der Waals surface area contributed by atoms with Gasteiger partial charge in [-0.3, -0.25) is 11.5 Å². The Morgan fingerprint density at radius 2 is 1.94 bits per heavy atom. The van der Waals surface area contributed by atoms with Gasteiger partial charge < -0.3 is 21.1 Å². The van der Waals surface area contributed by atoms with E-state index in [4.69, 9.17) is 32.6 Å². The van der Waals surface area contributed by atoms with E-state index < -0.39 is 6.23 Å². The molecule has 0 saturated heterocycles. The van der Waals surface area contributed by atoms with Gasteiger partial charge in [0.25, 0.3) is 6.23 Å². The highest BCUT2D eigenvalue weighted by Crippen LogP contribution is 2.01. The molecule has 0 aromatic heterocycles. The highest BCUT2D eigenvalue weighted by Gasteiger charge is 2.19. The zero-order chi connectivity index (χ0) is 13.4. The van der Waals surface area contributed by atoms with Crippen molar-refractivity contribution in [1.29, 1.82) is 0 Å². The van der Waals surface area contributed by atoms with Gasteiger partial charge in [-0.25, -0.2) is 0 Å². The van der Waals surface area contributed by atoms with E-state index in [9.17, 15) is 0 Å². The maximum absolute atomic E-state index is 5.46. The van der Waals surface area contributed by atoms with Crippen LogP contribution in [0.1, 0.15) is 13.8 Å². The molecule has 0 rings (SSSR count). The molecule has 8 N–H and O–H groups in total. The number of hydrogen-bond acceptors (Lipinski definition) is 3. The van der Waals surface area contributed by atoms with Crippen molar-refractivity contribution >= 4 is 11.9 Å². The number of hydroxylamine groups is 1. The van der Waals surface area contributed by atoms with Crippen molar-refractivity contribution in [2.75, 3.05) is 6.61 Å². The molecule has 17 heavy (non-hydrogen) atoms. The van der Waals surface area contributed by atoms with E-state index in [1.54, 1.807) is 0 Å². The van der Waals surface area contributed by atoms with Crippen LogP contribution in [-0.4, -0.2) is 29.5 Å². The number of oxime groups is 1. The van der Waals surface area contributed by atoms with E-state index in [0.717, 1.165) is 4.74 Å². The van der Waals surface area contributed by atoms with E-state index >= 15 is 0 Å². The average molecular weight is 245 g/mol. The molecule has 98 valence electrons. The molecule has 0 bridgehead atoms. The lowest BCUT2D eigenvalue weighted by molar-refractivity contribution is -0.829. The van der Waals surface area contributed by atoms with Gasteiger partial charge >= 0.3 is 5.96 Å². The van der Waals surface area contributed by atoms with Gasteiger partial charge in [-0.2, -0.15) is 0 Å². The van der Waals surface area contributed by atoms with Gasteiger partial charge in [0.2, 0.25) is 5.96 Å². The van der Waals surface area contributed by atoms with Crippen molar-refractivity contribution in [3.63, 3.8) is 0 Å². The molecule has 0 heterocycles. The predicted octanol–water partition coefficient (Wildman–Crippen LogP) is -1.42. The molecular formula is C9H21N6O2+. The molecule has 0 aliphatic rings. The van der Waals surface area contributed by atoms with E-state index in [2.05, 4.69) is 11.7 Å². The minimum absolute atomic E-state index is 0.0821. The Bertz CT molecular complexity index is 305. The standard InChI is InChI=1S/C9H20N6O2/c1-4-7(17-14-8(10)11)15(9(12)13)16-5-6(2)3/h4,6-7H,1,5H2,2-3H3,(H7,10,11,12,13,14)/p+1. The number of nitrogens with zero attached hydrogens (tertiary/aromatic N) is 2. The van der Waals surface area contributed by atoms with E-state index in [0.29, 0.717) is 12.5 Å². The molecule has 0 amide bonds. The SMILES string of the molecule is C=CC(ON=C(N)N)[N+](OCC(C)C)=C(N)N. The second-order valence-corrected chi connectivity index (χ2v) is 3.69. The highest BCUT2D eigenvalue weighted by atomic mass is 16.7. The molecule has 0 aliphatic carbocycles. The lowest BCUT2D eigenvalue weighted by atomic mass is 10.2. The molecule has 0 radical (unpaired) electrons. The summed E-state index contributed by atoms with van der Waals surface area (Å²) < 4.78 is 1.14. The quantitative estimate of drug-likeness (QED) is 0.108. The van der Waals surface area contributed by atoms with Crippen molar-refractivity contribution < 1.29 is 14.4 Å². The summed E-state index contributed by atoms with van der Waals surface area (Å²) >= 11 is 0. The van der Waals surface area contributed by atoms with Crippen molar-refractivity contribution in [2.24, 2.45) is 34.0 Å². The molecule has 1 atom stereocenters. The molecule has 0 aliphatic heterocycles. The summed E-state index contributed by atoms with van der Waals surface area (Å²) in [6.45, 7) is 7.91. The molecule has 8 heteroatoms. The fraction of sp³-hybridized carbons (Fsp3) is 0.556. The smallest absolute Gasteiger partial charge is 0.367 e. The monoisotopic (exact) mass is 245 g/mol. The topological polar surface area (TPSA) is 138 Å². The second-order valence-electron chi connectivity index (χ2n) is 3.69. The van der Waals surface area contributed by atoms with Gasteiger partial charge in [0.1, 0.15) is 6.61 Å². The lowest BCUT2D eigenvalue weighted by Crippen LogP contribution is -2.42. The first-order valence-electron chi connectivity index (χ1n) is 5.05. The van der Waals surface area contributed by atoms with Crippen LogP contribution in [-0.2, 0) is 9.68 Å². The summed E-state index contributed by atoms with van der Waals surface area (Å²) in [4.78, 5) is 10.3. The van der Waals surface area contributed by atoms with Gasteiger partial charge in [0.05, 0.1) is 0 Å². The Morgan fingerprint density at radius 3 is 2.29 bits per heavy atom. The molecule has 1 unspecified atom stereocenters. The number of nitrogens with two attached hydrogens (primary N) is 4. The summed E-state index contributed by atoms with van der Waals surface area (Å²) in [5.41, 5.74) is 21.2. The minimum atomic E-state index is -0.805. The van der Waals surface area contributed by atoms with Gasteiger partial charge in [-0.1, -0.05) is 20.4 Å². The third kappa shape index (κ3) is 6.13. The Morgan fingerprint density at radius 1 is 1.35 bits per heavy atom. The van der Waals surface area contributed by atoms with Crippen LogP contribution in [0.3, 0.4) is 0 Å². The van der Waals surface area contributed by atoms with Gasteiger partial charge in [0, 0.05) is 0 Å². The molecule has 0 spiro atoms. The summed E-state index contributed by atoms with van der Waals surface area (Å²) in [5.74, 6) is -0.0111. The molecular weight excluding hydrogens is 224 g/mol. The third-order valence-electron chi connectivity index (χ3n) is 1.50. The van der Waals surface area contributed by atoms with Crippen LogP contribution in [0, 0.1) is 5.92 Å². The van der Waals surface area contributed by atoms with Crippen LogP contribution in [0.2, 0.25) is 0 Å². The van der Waals surface area contributed by atoms with Crippen LogP contribution >= 0.6 is 0 Å². The number of rotatable bonds is 7. The van der Waals surface area contributed by atoms with Crippen molar-refractivity contribution in [3.05, 3.63) is 12.7 Å². The van der Waals surface area contributed by atoms with E-state index in [-0.39, 0.29) is 11.9 Å². The molecule has 8 nitrogen and oxygen atoms in total. The number of guanidine groups is 2. The summed E-state index contributed by atoms with van der Waals surface area (Å²) in [6.07, 6.45) is 0.591. The third-order valence-corrected chi connectivity index (χ3v) is 1.50. The Hall–Kier alpha value is -2.12. The van der Waals surface area contributed by atoms with Crippen molar-refractivity contribution in [2.45, 2.75) is 20.1 Å². The maximum atomic E-state index is 5.46. The Balaban J connectivity index is 4.72. The maximum Gasteiger partial charge on any atom is 0.381 e. The van der Waals surface area contributed by atoms with E-state index in [1.165, 1.54) is 6.08 Å². The summed E-state index contributed by atoms with van der Waals surface area (Å²) in [6, 6.07) is 0. The van der Waals surface area contributed by atoms with E-state index in [1.807, 2.05) is 13.8 Å². The van der Waals surface area contributed by atoms with Crippen LogP contribution in [0.5, 0.6) is 0 Å². The zero-order valence-electron chi connectivity index (χ0n) is 10.2. The first-order chi connectivity index (χ1) is 7.88. The first-order valence-corrected chi connectivity index (χ1v) is 5.05. The molecule has 0 aromatic rings. The van der Waals surface area contributed by atoms with Gasteiger partial charge in [0.15, 0.2) is 0 Å². The van der Waals surface area contributed by atoms with Crippen LogP contribution < -0.4 is 22.9 Å². The summed E-state index contributed by atoms with van der Waals surface area (Å²) in [7, 11) is 0. The predicted molar refractivity (Wildman–Crippen MR) is 65.3 cm³/mol. The van der Waals surface area contributed by atoms with Gasteiger partial charge in [-0.05, 0) is 21.9 Å². The Labute approximate surface area is 100 Å². The van der Waals surface area contributed by atoms with Crippen LogP contribution in [0.25, 0.3) is 0 Å². The fourth-order valence-corrected chi connectivity index (χ4v) is 0.821. The molecule has 0 aromatic carbocycles. The molecule has 0 fully saturated rings. The second kappa shape index (κ2) is 7.20. The lowest BCUT2D eigenvalue weighted by Gasteiger charge is -2.16. The molecule has 0 saturated carbocycles. The normalized spacial score (nSPS) is 11.5. The van der Waals surface area contributed by atoms with Crippen LogP contribution in [0.4, 0.5) is 0 Å². The largest absolute Gasteiger partial charge is 0.381 e. The minimum Gasteiger partial charge on any atom is -0.367 e. The van der Waals surface area contributed by atoms with Crippen molar-refractivity contribution in [1.82, 2.24) is 0 Å². The Kier molecular flexibility index (Phi) is 6.30. The van der Waals surface area contributed by atoms with Crippen molar-refractivity contribution in [3.8, 4) is 0 Å². The zero-order valence-corrected chi connectivity index (χ0v) is 10.2. The summed E-state index contributed by atoms with van der Waals surface area (Å²) in [5, 5.41) is 3.38. The first kappa shape index (κ1) is 14.9.